The Morgan fingerprint density at radius 3 is 2.19 bits per heavy atom. The third-order valence-electron chi connectivity index (χ3n) is 2.67. The van der Waals surface area contributed by atoms with Gasteiger partial charge in [0.25, 0.3) is 0 Å². The third kappa shape index (κ3) is 3.20. The predicted octanol–water partition coefficient (Wildman–Crippen LogP) is 3.10. The number of carbonyl (C=O) groups excluding carboxylic acids is 1. The summed E-state index contributed by atoms with van der Waals surface area (Å²) in [4.78, 5) is 13.4. The molecule has 16 heavy (non-hydrogen) atoms. The van der Waals surface area contributed by atoms with Crippen molar-refractivity contribution in [3.63, 3.8) is 0 Å². The van der Waals surface area contributed by atoms with Crippen LogP contribution in [0.1, 0.15) is 50.9 Å². The summed E-state index contributed by atoms with van der Waals surface area (Å²) in [5, 5.41) is 0. The summed E-state index contributed by atoms with van der Waals surface area (Å²) >= 11 is 0. The molecule has 0 aliphatic rings. The van der Waals surface area contributed by atoms with Crippen molar-refractivity contribution in [1.82, 2.24) is 4.90 Å². The number of carbonyl (C=O) groups is 1. The average molecular weight is 223 g/mol. The smallest absolute Gasteiger partial charge is 0.194 e. The van der Waals surface area contributed by atoms with Gasteiger partial charge in [-0.1, -0.05) is 0 Å². The number of rotatable bonds is 5. The van der Waals surface area contributed by atoms with E-state index in [4.69, 9.17) is 4.42 Å². The Morgan fingerprint density at radius 1 is 1.25 bits per heavy atom. The van der Waals surface area contributed by atoms with Crippen molar-refractivity contribution < 1.29 is 9.21 Å². The predicted molar refractivity (Wildman–Crippen MR) is 64.5 cm³/mol. The summed E-state index contributed by atoms with van der Waals surface area (Å²) in [5.74, 6) is 1.28. The van der Waals surface area contributed by atoms with E-state index in [0.717, 1.165) is 12.3 Å². The second-order valence-corrected chi connectivity index (χ2v) is 4.68. The van der Waals surface area contributed by atoms with E-state index in [9.17, 15) is 4.79 Å². The van der Waals surface area contributed by atoms with Gasteiger partial charge in [-0.25, -0.2) is 0 Å². The first-order valence-electron chi connectivity index (χ1n) is 5.77. The van der Waals surface area contributed by atoms with Crippen LogP contribution in [-0.2, 0) is 6.54 Å². The zero-order valence-electron chi connectivity index (χ0n) is 10.8. The highest BCUT2D eigenvalue weighted by Crippen LogP contribution is 2.15. The van der Waals surface area contributed by atoms with Crippen LogP contribution in [0.5, 0.6) is 0 Å². The highest BCUT2D eigenvalue weighted by atomic mass is 16.3. The largest absolute Gasteiger partial charge is 0.457 e. The fourth-order valence-corrected chi connectivity index (χ4v) is 1.79. The van der Waals surface area contributed by atoms with Crippen molar-refractivity contribution in [2.24, 2.45) is 0 Å². The molecule has 0 N–H and O–H groups in total. The molecule has 1 aromatic heterocycles. The Morgan fingerprint density at radius 2 is 1.81 bits per heavy atom. The lowest BCUT2D eigenvalue weighted by Gasteiger charge is -2.29. The minimum Gasteiger partial charge on any atom is -0.457 e. The molecule has 0 saturated heterocycles. The van der Waals surface area contributed by atoms with Crippen LogP contribution < -0.4 is 0 Å². The second-order valence-electron chi connectivity index (χ2n) is 4.68. The van der Waals surface area contributed by atoms with Crippen molar-refractivity contribution in [1.29, 1.82) is 0 Å². The van der Waals surface area contributed by atoms with Crippen molar-refractivity contribution in [2.75, 3.05) is 0 Å². The third-order valence-corrected chi connectivity index (χ3v) is 2.67. The van der Waals surface area contributed by atoms with E-state index in [-0.39, 0.29) is 5.78 Å². The molecule has 0 aliphatic heterocycles. The zero-order valence-corrected chi connectivity index (χ0v) is 10.8. The van der Waals surface area contributed by atoms with Gasteiger partial charge in [0.05, 0.1) is 6.54 Å². The quantitative estimate of drug-likeness (QED) is 0.719. The van der Waals surface area contributed by atoms with E-state index in [0.29, 0.717) is 17.8 Å². The Balaban J connectivity index is 2.74. The Kier molecular flexibility index (Phi) is 4.30. The zero-order chi connectivity index (χ0) is 12.3. The molecule has 0 bridgehead atoms. The maximum Gasteiger partial charge on any atom is 0.194 e. The van der Waals surface area contributed by atoms with Crippen LogP contribution in [0.25, 0.3) is 0 Å². The molecule has 3 nitrogen and oxygen atoms in total. The van der Waals surface area contributed by atoms with E-state index in [1.165, 1.54) is 6.92 Å². The number of hydrogen-bond acceptors (Lipinski definition) is 3. The van der Waals surface area contributed by atoms with Gasteiger partial charge in [-0.05, 0) is 39.8 Å². The highest BCUT2D eigenvalue weighted by molar-refractivity contribution is 5.91. The number of furan rings is 1. The van der Waals surface area contributed by atoms with Crippen molar-refractivity contribution in [2.45, 2.75) is 53.2 Å². The standard InChI is InChI=1S/C13H21NO2/c1-9(2)14(10(3)4)8-12-6-7-13(16-12)11(5)15/h6-7,9-10H,8H2,1-5H3. The monoisotopic (exact) mass is 223 g/mol. The van der Waals surface area contributed by atoms with Crippen LogP contribution in [0.15, 0.2) is 16.5 Å². The van der Waals surface area contributed by atoms with Gasteiger partial charge in [-0.3, -0.25) is 9.69 Å². The van der Waals surface area contributed by atoms with Crippen molar-refractivity contribution in [3.8, 4) is 0 Å². The number of Topliss-reactive ketones (excluding diaryl/α,β-unsaturated/α-hetero) is 1. The molecule has 0 fully saturated rings. The molecule has 0 spiro atoms. The van der Waals surface area contributed by atoms with Gasteiger partial charge in [-0.2, -0.15) is 0 Å². The van der Waals surface area contributed by atoms with E-state index in [1.54, 1.807) is 6.07 Å². The van der Waals surface area contributed by atoms with Gasteiger partial charge in [0, 0.05) is 19.0 Å². The minimum absolute atomic E-state index is 0.0214. The van der Waals surface area contributed by atoms with Gasteiger partial charge < -0.3 is 4.42 Å². The molecular weight excluding hydrogens is 202 g/mol. The van der Waals surface area contributed by atoms with E-state index in [2.05, 4.69) is 32.6 Å². The van der Waals surface area contributed by atoms with Gasteiger partial charge in [0.15, 0.2) is 11.5 Å². The van der Waals surface area contributed by atoms with Crippen LogP contribution >= 0.6 is 0 Å². The Labute approximate surface area is 97.4 Å². The summed E-state index contributed by atoms with van der Waals surface area (Å²) in [6.45, 7) is 10.9. The highest BCUT2D eigenvalue weighted by Gasteiger charge is 2.16. The molecule has 0 atom stereocenters. The summed E-state index contributed by atoms with van der Waals surface area (Å²) in [7, 11) is 0. The SMILES string of the molecule is CC(=O)c1ccc(CN(C(C)C)C(C)C)o1. The number of ketones is 1. The van der Waals surface area contributed by atoms with Crippen molar-refractivity contribution >= 4 is 5.78 Å². The molecule has 3 heteroatoms. The molecule has 1 rings (SSSR count). The molecule has 0 unspecified atom stereocenters. The van der Waals surface area contributed by atoms with E-state index < -0.39 is 0 Å². The summed E-state index contributed by atoms with van der Waals surface area (Å²) < 4.78 is 5.48. The summed E-state index contributed by atoms with van der Waals surface area (Å²) in [6.07, 6.45) is 0. The molecule has 0 saturated carbocycles. The first kappa shape index (κ1) is 13.0. The normalized spacial score (nSPS) is 11.8. The minimum atomic E-state index is -0.0214. The Hall–Kier alpha value is -1.09. The van der Waals surface area contributed by atoms with Gasteiger partial charge >= 0.3 is 0 Å². The van der Waals surface area contributed by atoms with Crippen LogP contribution in [0, 0.1) is 0 Å². The summed E-state index contributed by atoms with van der Waals surface area (Å²) in [6, 6.07) is 4.56. The van der Waals surface area contributed by atoms with Crippen LogP contribution in [0.4, 0.5) is 0 Å². The lowest BCUT2D eigenvalue weighted by atomic mass is 10.2. The molecule has 0 radical (unpaired) electrons. The molecule has 0 amide bonds. The Bertz CT molecular complexity index is 345. The number of nitrogens with zero attached hydrogens (tertiary/aromatic N) is 1. The van der Waals surface area contributed by atoms with Crippen LogP contribution in [-0.4, -0.2) is 22.8 Å². The fourth-order valence-electron chi connectivity index (χ4n) is 1.79. The van der Waals surface area contributed by atoms with E-state index >= 15 is 0 Å². The first-order chi connectivity index (χ1) is 7.41. The first-order valence-corrected chi connectivity index (χ1v) is 5.77. The maximum atomic E-state index is 11.1. The van der Waals surface area contributed by atoms with Gasteiger partial charge in [0.1, 0.15) is 5.76 Å². The molecule has 1 aromatic rings. The molecule has 90 valence electrons. The van der Waals surface area contributed by atoms with E-state index in [1.807, 2.05) is 6.07 Å². The lowest BCUT2D eigenvalue weighted by molar-refractivity contribution is 0.0980. The molecule has 0 aliphatic carbocycles. The second kappa shape index (κ2) is 5.30. The van der Waals surface area contributed by atoms with Gasteiger partial charge in [-0.15, -0.1) is 0 Å². The van der Waals surface area contributed by atoms with Crippen LogP contribution in [0.3, 0.4) is 0 Å². The fraction of sp³-hybridized carbons (Fsp3) is 0.615. The molecular formula is C13H21NO2. The molecule has 1 heterocycles. The topological polar surface area (TPSA) is 33.5 Å². The maximum absolute atomic E-state index is 11.1. The average Bonchev–Trinajstić information content (AvgIpc) is 2.61. The number of hydrogen-bond donors (Lipinski definition) is 0. The van der Waals surface area contributed by atoms with Crippen molar-refractivity contribution in [3.05, 3.63) is 23.7 Å². The lowest BCUT2D eigenvalue weighted by Crippen LogP contribution is -2.36. The molecule has 0 aromatic carbocycles. The summed E-state index contributed by atoms with van der Waals surface area (Å²) in [5.41, 5.74) is 0. The van der Waals surface area contributed by atoms with Crippen LogP contribution in [0.2, 0.25) is 0 Å². The van der Waals surface area contributed by atoms with Gasteiger partial charge in [0.2, 0.25) is 0 Å².